The summed E-state index contributed by atoms with van der Waals surface area (Å²) < 4.78 is 1.70. The van der Waals surface area contributed by atoms with Crippen molar-refractivity contribution in [2.45, 2.75) is 6.54 Å². The van der Waals surface area contributed by atoms with E-state index >= 15 is 0 Å². The number of nitrogens with zero attached hydrogens (tertiary/aromatic N) is 1. The third-order valence-corrected chi connectivity index (χ3v) is 6.26. The first kappa shape index (κ1) is 19.8. The number of rotatable bonds is 5. The van der Waals surface area contributed by atoms with Crippen LogP contribution in [0.2, 0.25) is 0 Å². The molecule has 0 saturated heterocycles. The molecule has 5 rings (SSSR count). The SMILES string of the molecule is Nc1ccccc1NC(=O)c1ccc(Cn2c(=O)[nH]c3cc(-c4cccs4)ccc32)cc1. The number of amides is 1. The molecule has 2 aromatic heterocycles. The van der Waals surface area contributed by atoms with E-state index in [1.165, 1.54) is 0 Å². The van der Waals surface area contributed by atoms with Crippen molar-refractivity contribution in [1.29, 1.82) is 0 Å². The summed E-state index contributed by atoms with van der Waals surface area (Å²) in [6.07, 6.45) is 0. The van der Waals surface area contributed by atoms with Crippen LogP contribution in [0.5, 0.6) is 0 Å². The minimum absolute atomic E-state index is 0.162. The molecule has 0 radical (unpaired) electrons. The second-order valence-corrected chi connectivity index (χ2v) is 8.41. The minimum atomic E-state index is -0.236. The zero-order valence-electron chi connectivity index (χ0n) is 17.0. The van der Waals surface area contributed by atoms with Gasteiger partial charge in [0.2, 0.25) is 0 Å². The van der Waals surface area contributed by atoms with Gasteiger partial charge >= 0.3 is 5.69 Å². The number of benzene rings is 3. The molecule has 0 atom stereocenters. The maximum atomic E-state index is 12.6. The van der Waals surface area contributed by atoms with Crippen LogP contribution in [0.15, 0.2) is 89.0 Å². The van der Waals surface area contributed by atoms with E-state index < -0.39 is 0 Å². The summed E-state index contributed by atoms with van der Waals surface area (Å²) in [5.41, 5.74) is 11.0. The lowest BCUT2D eigenvalue weighted by Gasteiger charge is -2.09. The van der Waals surface area contributed by atoms with E-state index in [4.69, 9.17) is 5.73 Å². The third kappa shape index (κ3) is 3.81. The van der Waals surface area contributed by atoms with Gasteiger partial charge in [-0.05, 0) is 59.0 Å². The fraction of sp³-hybridized carbons (Fsp3) is 0.0400. The van der Waals surface area contributed by atoms with E-state index in [2.05, 4.69) is 16.4 Å². The molecule has 0 spiro atoms. The van der Waals surface area contributed by atoms with Gasteiger partial charge in [0.15, 0.2) is 0 Å². The van der Waals surface area contributed by atoms with E-state index in [1.54, 1.807) is 40.2 Å². The standard InChI is InChI=1S/C25H20N4O2S/c26-19-4-1-2-5-20(19)27-24(30)17-9-7-16(8-10-17)15-29-22-12-11-18(23-6-3-13-32-23)14-21(22)28-25(29)31/h1-14H,15,26H2,(H,27,30)(H,28,31). The van der Waals surface area contributed by atoms with Crippen molar-refractivity contribution in [1.82, 2.24) is 9.55 Å². The monoisotopic (exact) mass is 440 g/mol. The molecule has 0 aliphatic rings. The Kier molecular flexibility index (Phi) is 5.09. The van der Waals surface area contributed by atoms with E-state index in [1.807, 2.05) is 53.9 Å². The molecule has 32 heavy (non-hydrogen) atoms. The first-order valence-electron chi connectivity index (χ1n) is 10.1. The van der Waals surface area contributed by atoms with Crippen molar-refractivity contribution in [2.75, 3.05) is 11.1 Å². The summed E-state index contributed by atoms with van der Waals surface area (Å²) in [4.78, 5) is 29.2. The van der Waals surface area contributed by atoms with Crippen LogP contribution in [-0.2, 0) is 6.54 Å². The molecule has 0 saturated carbocycles. The van der Waals surface area contributed by atoms with Gasteiger partial charge in [0.25, 0.3) is 5.91 Å². The van der Waals surface area contributed by atoms with E-state index in [-0.39, 0.29) is 11.6 Å². The molecule has 0 bridgehead atoms. The number of nitrogen functional groups attached to an aromatic ring is 1. The summed E-state index contributed by atoms with van der Waals surface area (Å²) in [6.45, 7) is 0.407. The number of nitrogens with one attached hydrogen (secondary N) is 2. The van der Waals surface area contributed by atoms with Crippen molar-refractivity contribution < 1.29 is 4.79 Å². The highest BCUT2D eigenvalue weighted by Gasteiger charge is 2.11. The van der Waals surface area contributed by atoms with Gasteiger partial charge in [-0.2, -0.15) is 0 Å². The molecule has 0 aliphatic heterocycles. The van der Waals surface area contributed by atoms with Crippen LogP contribution < -0.4 is 16.7 Å². The van der Waals surface area contributed by atoms with Gasteiger partial charge in [-0.3, -0.25) is 9.36 Å². The molecule has 1 amide bonds. The number of anilines is 2. The van der Waals surface area contributed by atoms with Crippen molar-refractivity contribution in [3.05, 3.63) is 106 Å². The fourth-order valence-corrected chi connectivity index (χ4v) is 4.39. The average molecular weight is 441 g/mol. The van der Waals surface area contributed by atoms with Crippen molar-refractivity contribution in [3.63, 3.8) is 0 Å². The number of hydrogen-bond acceptors (Lipinski definition) is 4. The van der Waals surface area contributed by atoms with Crippen LogP contribution in [0.4, 0.5) is 11.4 Å². The fourth-order valence-electron chi connectivity index (χ4n) is 3.67. The second kappa shape index (κ2) is 8.20. The predicted octanol–water partition coefficient (Wildman–Crippen LogP) is 4.94. The predicted molar refractivity (Wildman–Crippen MR) is 130 cm³/mol. The summed E-state index contributed by atoms with van der Waals surface area (Å²) in [5.74, 6) is -0.236. The summed E-state index contributed by atoms with van der Waals surface area (Å²) in [6, 6.07) is 24.4. The highest BCUT2D eigenvalue weighted by atomic mass is 32.1. The van der Waals surface area contributed by atoms with Gasteiger partial charge in [-0.15, -0.1) is 11.3 Å². The van der Waals surface area contributed by atoms with Gasteiger partial charge in [0.1, 0.15) is 0 Å². The van der Waals surface area contributed by atoms with Crippen LogP contribution in [0.1, 0.15) is 15.9 Å². The number of fused-ring (bicyclic) bond motifs is 1. The largest absolute Gasteiger partial charge is 0.397 e. The Balaban J connectivity index is 1.36. The van der Waals surface area contributed by atoms with Crippen LogP contribution in [0.3, 0.4) is 0 Å². The normalized spacial score (nSPS) is 11.0. The number of nitrogens with two attached hydrogens (primary N) is 1. The van der Waals surface area contributed by atoms with Gasteiger partial charge in [0.05, 0.1) is 29.0 Å². The molecule has 158 valence electrons. The Morgan fingerprint density at radius 3 is 2.56 bits per heavy atom. The van der Waals surface area contributed by atoms with Gasteiger partial charge in [0, 0.05) is 10.4 Å². The lowest BCUT2D eigenvalue weighted by atomic mass is 10.1. The first-order chi connectivity index (χ1) is 15.6. The first-order valence-corrected chi connectivity index (χ1v) is 11.0. The lowest BCUT2D eigenvalue weighted by Crippen LogP contribution is -2.17. The van der Waals surface area contributed by atoms with Gasteiger partial charge < -0.3 is 16.0 Å². The molecule has 0 unspecified atom stereocenters. The van der Waals surface area contributed by atoms with Crippen LogP contribution >= 0.6 is 11.3 Å². The van der Waals surface area contributed by atoms with E-state index in [0.717, 1.165) is 27.0 Å². The molecule has 5 aromatic rings. The Hall–Kier alpha value is -4.10. The number of aromatic nitrogens is 2. The van der Waals surface area contributed by atoms with Crippen LogP contribution in [0.25, 0.3) is 21.5 Å². The van der Waals surface area contributed by atoms with E-state index in [0.29, 0.717) is 23.5 Å². The maximum Gasteiger partial charge on any atom is 0.326 e. The number of imidazole rings is 1. The number of H-pyrrole nitrogens is 1. The molecule has 4 N–H and O–H groups in total. The van der Waals surface area contributed by atoms with Crippen LogP contribution in [-0.4, -0.2) is 15.5 Å². The summed E-state index contributed by atoms with van der Waals surface area (Å²) in [5, 5.41) is 4.85. The molecular weight excluding hydrogens is 420 g/mol. The highest BCUT2D eigenvalue weighted by molar-refractivity contribution is 7.13. The molecule has 0 fully saturated rings. The minimum Gasteiger partial charge on any atom is -0.397 e. The summed E-state index contributed by atoms with van der Waals surface area (Å²) in [7, 11) is 0. The van der Waals surface area contributed by atoms with Crippen molar-refractivity contribution in [2.24, 2.45) is 0 Å². The number of carbonyl (C=O) groups excluding carboxylic acids is 1. The smallest absolute Gasteiger partial charge is 0.326 e. The van der Waals surface area contributed by atoms with Crippen LogP contribution in [0, 0.1) is 0 Å². The molecule has 3 aromatic carbocycles. The molecule has 0 aliphatic carbocycles. The third-order valence-electron chi connectivity index (χ3n) is 5.35. The lowest BCUT2D eigenvalue weighted by molar-refractivity contribution is 0.102. The maximum absolute atomic E-state index is 12.6. The number of para-hydroxylation sites is 2. The zero-order valence-corrected chi connectivity index (χ0v) is 17.9. The quantitative estimate of drug-likeness (QED) is 0.338. The van der Waals surface area contributed by atoms with Gasteiger partial charge in [-0.1, -0.05) is 36.4 Å². The number of carbonyl (C=O) groups is 1. The molecule has 2 heterocycles. The molecular formula is C25H20N4O2S. The Morgan fingerprint density at radius 2 is 1.81 bits per heavy atom. The number of hydrogen-bond donors (Lipinski definition) is 3. The topological polar surface area (TPSA) is 92.9 Å². The second-order valence-electron chi connectivity index (χ2n) is 7.46. The Bertz CT molecular complexity index is 1460. The Labute approximate surface area is 188 Å². The molecule has 7 heteroatoms. The molecule has 6 nitrogen and oxygen atoms in total. The Morgan fingerprint density at radius 1 is 1.00 bits per heavy atom. The zero-order chi connectivity index (χ0) is 22.1. The van der Waals surface area contributed by atoms with Crippen molar-refractivity contribution in [3.8, 4) is 10.4 Å². The van der Waals surface area contributed by atoms with Gasteiger partial charge in [-0.25, -0.2) is 4.79 Å². The highest BCUT2D eigenvalue weighted by Crippen LogP contribution is 2.27. The summed E-state index contributed by atoms with van der Waals surface area (Å²) >= 11 is 1.66. The average Bonchev–Trinajstić information content (AvgIpc) is 3.44. The number of aromatic amines is 1. The number of thiophene rings is 1. The van der Waals surface area contributed by atoms with Crippen molar-refractivity contribution >= 4 is 39.7 Å². The van der Waals surface area contributed by atoms with E-state index in [9.17, 15) is 9.59 Å².